The van der Waals surface area contributed by atoms with Crippen molar-refractivity contribution in [2.75, 3.05) is 13.1 Å². The van der Waals surface area contributed by atoms with Gasteiger partial charge in [0, 0.05) is 49.5 Å². The maximum Gasteiger partial charge on any atom is 0.253 e. The maximum absolute atomic E-state index is 12.5. The Morgan fingerprint density at radius 2 is 1.79 bits per heavy atom. The van der Waals surface area contributed by atoms with Crippen molar-refractivity contribution in [3.63, 3.8) is 0 Å². The standard InChI is InChI=1S/C18H18N4O2/c23-17(15-6-10-19-11-7-15)22-12-8-18(9-13-22)20-16(21-24-18)14-4-2-1-3-5-14/h1-7,10-11H,8-9,12-13H2,(H,20,21). The molecule has 3 heterocycles. The minimum Gasteiger partial charge on any atom is -0.338 e. The molecule has 2 aliphatic rings. The smallest absolute Gasteiger partial charge is 0.253 e. The Morgan fingerprint density at radius 3 is 2.50 bits per heavy atom. The predicted molar refractivity (Wildman–Crippen MR) is 89.3 cm³/mol. The van der Waals surface area contributed by atoms with E-state index in [0.717, 1.165) is 11.4 Å². The Labute approximate surface area is 140 Å². The van der Waals surface area contributed by atoms with Crippen LogP contribution >= 0.6 is 0 Å². The number of piperidine rings is 1. The number of hydrogen-bond donors (Lipinski definition) is 1. The van der Waals surface area contributed by atoms with Gasteiger partial charge in [0.05, 0.1) is 0 Å². The first kappa shape index (κ1) is 14.8. The van der Waals surface area contributed by atoms with Gasteiger partial charge in [-0.3, -0.25) is 9.78 Å². The molecule has 6 nitrogen and oxygen atoms in total. The van der Waals surface area contributed by atoms with Gasteiger partial charge in [-0.15, -0.1) is 0 Å². The molecule has 6 heteroatoms. The number of amides is 1. The molecule has 122 valence electrons. The number of hydrogen-bond acceptors (Lipinski definition) is 5. The number of rotatable bonds is 2. The molecule has 0 aliphatic carbocycles. The normalized spacial score (nSPS) is 19.0. The van der Waals surface area contributed by atoms with Gasteiger partial charge in [-0.2, -0.15) is 0 Å². The molecule has 1 amide bonds. The Morgan fingerprint density at radius 1 is 1.08 bits per heavy atom. The number of amidine groups is 1. The highest BCUT2D eigenvalue weighted by molar-refractivity contribution is 5.99. The van der Waals surface area contributed by atoms with E-state index in [1.54, 1.807) is 24.5 Å². The highest BCUT2D eigenvalue weighted by atomic mass is 16.7. The molecular weight excluding hydrogens is 304 g/mol. The summed E-state index contributed by atoms with van der Waals surface area (Å²) in [5, 5.41) is 0. The summed E-state index contributed by atoms with van der Waals surface area (Å²) in [4.78, 5) is 28.8. The lowest BCUT2D eigenvalue weighted by atomic mass is 10.0. The molecule has 0 unspecified atom stereocenters. The van der Waals surface area contributed by atoms with Gasteiger partial charge in [0.2, 0.25) is 0 Å². The molecule has 1 aromatic carbocycles. The zero-order valence-corrected chi connectivity index (χ0v) is 13.2. The van der Waals surface area contributed by atoms with E-state index >= 15 is 0 Å². The second kappa shape index (κ2) is 6.05. The van der Waals surface area contributed by atoms with E-state index in [1.165, 1.54) is 0 Å². The van der Waals surface area contributed by atoms with Crippen LogP contribution in [0.4, 0.5) is 0 Å². The average Bonchev–Trinajstić information content (AvgIpc) is 3.07. The number of pyridine rings is 1. The van der Waals surface area contributed by atoms with Crippen LogP contribution in [0.3, 0.4) is 0 Å². The summed E-state index contributed by atoms with van der Waals surface area (Å²) < 4.78 is 0. The number of carbonyl (C=O) groups is 1. The van der Waals surface area contributed by atoms with Crippen LogP contribution < -0.4 is 5.48 Å². The van der Waals surface area contributed by atoms with Crippen LogP contribution in [0.2, 0.25) is 0 Å². The molecule has 0 atom stereocenters. The minimum absolute atomic E-state index is 0.0328. The van der Waals surface area contributed by atoms with Crippen molar-refractivity contribution in [1.29, 1.82) is 0 Å². The molecule has 0 radical (unpaired) electrons. The lowest BCUT2D eigenvalue weighted by Gasteiger charge is -2.35. The van der Waals surface area contributed by atoms with Crippen molar-refractivity contribution in [2.45, 2.75) is 18.6 Å². The maximum atomic E-state index is 12.5. The molecule has 2 aliphatic heterocycles. The second-order valence-electron chi connectivity index (χ2n) is 6.00. The molecule has 0 bridgehead atoms. The van der Waals surface area contributed by atoms with Gasteiger partial charge >= 0.3 is 0 Å². The minimum atomic E-state index is -0.569. The van der Waals surface area contributed by atoms with E-state index in [9.17, 15) is 4.79 Å². The summed E-state index contributed by atoms with van der Waals surface area (Å²) in [6, 6.07) is 13.4. The van der Waals surface area contributed by atoms with Gasteiger partial charge in [0.15, 0.2) is 11.6 Å². The van der Waals surface area contributed by atoms with Crippen LogP contribution in [0.25, 0.3) is 0 Å². The molecule has 1 aromatic heterocycles. The quantitative estimate of drug-likeness (QED) is 0.918. The van der Waals surface area contributed by atoms with E-state index in [4.69, 9.17) is 9.83 Å². The third-order valence-corrected chi connectivity index (χ3v) is 4.46. The van der Waals surface area contributed by atoms with Crippen molar-refractivity contribution >= 4 is 11.7 Å². The topological polar surface area (TPSA) is 66.8 Å². The molecular formula is C18H18N4O2. The monoisotopic (exact) mass is 322 g/mol. The lowest BCUT2D eigenvalue weighted by molar-refractivity contribution is -0.0849. The molecule has 4 rings (SSSR count). The van der Waals surface area contributed by atoms with E-state index in [-0.39, 0.29) is 5.91 Å². The SMILES string of the molecule is O=C(c1ccncc1)N1CCC2(CC1)N=C(c1ccccc1)NO2. The number of likely N-dealkylation sites (tertiary alicyclic amines) is 1. The molecule has 0 saturated carbocycles. The summed E-state index contributed by atoms with van der Waals surface area (Å²) in [6.07, 6.45) is 4.62. The van der Waals surface area contributed by atoms with Crippen molar-refractivity contribution in [3.05, 3.63) is 66.0 Å². The summed E-state index contributed by atoms with van der Waals surface area (Å²) in [7, 11) is 0. The van der Waals surface area contributed by atoms with Crippen LogP contribution in [-0.2, 0) is 4.84 Å². The molecule has 24 heavy (non-hydrogen) atoms. The fourth-order valence-electron chi connectivity index (χ4n) is 3.06. The Kier molecular flexibility index (Phi) is 3.74. The van der Waals surface area contributed by atoms with Crippen molar-refractivity contribution in [1.82, 2.24) is 15.4 Å². The number of benzene rings is 1. The van der Waals surface area contributed by atoms with Crippen molar-refractivity contribution in [3.8, 4) is 0 Å². The lowest BCUT2D eigenvalue weighted by Crippen LogP contribution is -2.46. The third kappa shape index (κ3) is 2.76. The molecule has 1 N–H and O–H groups in total. The van der Waals surface area contributed by atoms with Crippen LogP contribution in [-0.4, -0.2) is 40.4 Å². The van der Waals surface area contributed by atoms with E-state index in [0.29, 0.717) is 31.5 Å². The summed E-state index contributed by atoms with van der Waals surface area (Å²) in [5.41, 5.74) is 4.05. The Hall–Kier alpha value is -2.73. The third-order valence-electron chi connectivity index (χ3n) is 4.46. The average molecular weight is 322 g/mol. The first-order valence-electron chi connectivity index (χ1n) is 8.04. The summed E-state index contributed by atoms with van der Waals surface area (Å²) in [5.74, 6) is 0.787. The number of aromatic nitrogens is 1. The van der Waals surface area contributed by atoms with Gasteiger partial charge in [0.25, 0.3) is 5.91 Å². The molecule has 2 aromatic rings. The van der Waals surface area contributed by atoms with Crippen LogP contribution in [0.5, 0.6) is 0 Å². The van der Waals surface area contributed by atoms with Gasteiger partial charge < -0.3 is 4.90 Å². The number of nitrogens with one attached hydrogen (secondary N) is 1. The zero-order valence-electron chi connectivity index (χ0n) is 13.2. The zero-order chi connectivity index (χ0) is 16.4. The highest BCUT2D eigenvalue weighted by Gasteiger charge is 2.41. The molecule has 1 saturated heterocycles. The number of nitrogens with zero attached hydrogens (tertiary/aromatic N) is 3. The van der Waals surface area contributed by atoms with Crippen LogP contribution in [0.1, 0.15) is 28.8 Å². The van der Waals surface area contributed by atoms with Gasteiger partial charge in [-0.05, 0) is 12.1 Å². The number of hydroxylamine groups is 1. The summed E-state index contributed by atoms with van der Waals surface area (Å²) >= 11 is 0. The van der Waals surface area contributed by atoms with E-state index < -0.39 is 5.72 Å². The van der Waals surface area contributed by atoms with Gasteiger partial charge in [-0.1, -0.05) is 30.3 Å². The second-order valence-corrected chi connectivity index (χ2v) is 6.00. The molecule has 1 spiro atoms. The Bertz CT molecular complexity index is 753. The van der Waals surface area contributed by atoms with Gasteiger partial charge in [0.1, 0.15) is 0 Å². The first-order valence-corrected chi connectivity index (χ1v) is 8.04. The summed E-state index contributed by atoms with van der Waals surface area (Å²) in [6.45, 7) is 1.24. The fraction of sp³-hybridized carbons (Fsp3) is 0.278. The number of carbonyl (C=O) groups excluding carboxylic acids is 1. The fourth-order valence-corrected chi connectivity index (χ4v) is 3.06. The predicted octanol–water partition coefficient (Wildman–Crippen LogP) is 2.00. The Balaban J connectivity index is 1.45. The van der Waals surface area contributed by atoms with Crippen molar-refractivity contribution in [2.24, 2.45) is 4.99 Å². The van der Waals surface area contributed by atoms with E-state index in [2.05, 4.69) is 10.5 Å². The highest BCUT2D eigenvalue weighted by Crippen LogP contribution is 2.31. The largest absolute Gasteiger partial charge is 0.338 e. The van der Waals surface area contributed by atoms with E-state index in [1.807, 2.05) is 35.2 Å². The molecule has 1 fully saturated rings. The first-order chi connectivity index (χ1) is 11.8. The van der Waals surface area contributed by atoms with Crippen LogP contribution in [0.15, 0.2) is 59.9 Å². The number of aliphatic imine (C=N–C) groups is 1. The van der Waals surface area contributed by atoms with Gasteiger partial charge in [-0.25, -0.2) is 15.3 Å². The van der Waals surface area contributed by atoms with Crippen LogP contribution in [0, 0.1) is 0 Å². The van der Waals surface area contributed by atoms with Crippen molar-refractivity contribution < 1.29 is 9.63 Å².